The number of pyridine rings is 1. The molecule has 0 amide bonds. The lowest BCUT2D eigenvalue weighted by Crippen LogP contribution is -2.35. The highest BCUT2D eigenvalue weighted by Gasteiger charge is 2.26. The Hall–Kier alpha value is -1.84. The summed E-state index contributed by atoms with van der Waals surface area (Å²) in [6, 6.07) is 5.82. The Morgan fingerprint density at radius 1 is 1.14 bits per heavy atom. The molecule has 0 bridgehead atoms. The van der Waals surface area contributed by atoms with Gasteiger partial charge in [-0.25, -0.2) is 22.2 Å². The number of thioether (sulfide) groups is 1. The maximum atomic E-state index is 13.8. The summed E-state index contributed by atoms with van der Waals surface area (Å²) in [4.78, 5) is 16.7. The molecular formula is C19H20F2N2O3S2. The van der Waals surface area contributed by atoms with E-state index >= 15 is 0 Å². The van der Waals surface area contributed by atoms with Crippen LogP contribution in [0, 0.1) is 11.6 Å². The van der Waals surface area contributed by atoms with Gasteiger partial charge in [0, 0.05) is 25.4 Å². The van der Waals surface area contributed by atoms with Crippen LogP contribution in [0.2, 0.25) is 0 Å². The van der Waals surface area contributed by atoms with Crippen molar-refractivity contribution in [3.63, 3.8) is 0 Å². The highest BCUT2D eigenvalue weighted by molar-refractivity contribution is 8.00. The summed E-state index contributed by atoms with van der Waals surface area (Å²) in [6.07, 6.45) is 4.00. The second-order valence-corrected chi connectivity index (χ2v) is 9.84. The lowest BCUT2D eigenvalue weighted by Gasteiger charge is -2.25. The summed E-state index contributed by atoms with van der Waals surface area (Å²) in [5, 5.41) is -0.224. The second-order valence-electron chi connectivity index (χ2n) is 6.55. The van der Waals surface area contributed by atoms with E-state index in [9.17, 15) is 22.0 Å². The van der Waals surface area contributed by atoms with Crippen LogP contribution in [0.1, 0.15) is 36.5 Å². The number of ketones is 1. The van der Waals surface area contributed by atoms with Crippen molar-refractivity contribution < 1.29 is 22.0 Å². The van der Waals surface area contributed by atoms with E-state index in [1.807, 2.05) is 0 Å². The lowest BCUT2D eigenvalue weighted by molar-refractivity contribution is 0.0990. The summed E-state index contributed by atoms with van der Waals surface area (Å²) in [7, 11) is -3.57. The van der Waals surface area contributed by atoms with Gasteiger partial charge in [0.2, 0.25) is 10.0 Å². The number of benzene rings is 1. The lowest BCUT2D eigenvalue weighted by atomic mass is 10.1. The van der Waals surface area contributed by atoms with Gasteiger partial charge in [0.25, 0.3) is 0 Å². The third-order valence-corrected chi connectivity index (χ3v) is 7.46. The van der Waals surface area contributed by atoms with Gasteiger partial charge < -0.3 is 0 Å². The minimum atomic E-state index is -3.57. The van der Waals surface area contributed by atoms with Gasteiger partial charge in [-0.2, -0.15) is 4.31 Å². The van der Waals surface area contributed by atoms with E-state index in [1.165, 1.54) is 22.6 Å². The zero-order chi connectivity index (χ0) is 20.3. The van der Waals surface area contributed by atoms with E-state index in [1.54, 1.807) is 6.92 Å². The minimum Gasteiger partial charge on any atom is -0.293 e. The number of hydrogen-bond donors (Lipinski definition) is 0. The van der Waals surface area contributed by atoms with Crippen molar-refractivity contribution in [3.8, 4) is 0 Å². The van der Waals surface area contributed by atoms with E-state index in [-0.39, 0.29) is 10.5 Å². The van der Waals surface area contributed by atoms with E-state index in [0.717, 1.165) is 43.2 Å². The van der Waals surface area contributed by atoms with E-state index in [0.29, 0.717) is 24.2 Å². The summed E-state index contributed by atoms with van der Waals surface area (Å²) in [5.74, 6) is -2.15. The highest BCUT2D eigenvalue weighted by Crippen LogP contribution is 2.27. The summed E-state index contributed by atoms with van der Waals surface area (Å²) < 4.78 is 53.5. The molecule has 0 saturated carbocycles. The third kappa shape index (κ3) is 4.59. The molecule has 1 fully saturated rings. The Morgan fingerprint density at radius 3 is 2.46 bits per heavy atom. The van der Waals surface area contributed by atoms with Gasteiger partial charge in [-0.3, -0.25) is 4.79 Å². The molecule has 1 aromatic carbocycles. The molecule has 1 aliphatic heterocycles. The monoisotopic (exact) mass is 426 g/mol. The normalized spacial score (nSPS) is 16.7. The number of sulfonamides is 1. The molecule has 1 atom stereocenters. The van der Waals surface area contributed by atoms with Crippen molar-refractivity contribution in [2.75, 3.05) is 13.1 Å². The predicted molar refractivity (Wildman–Crippen MR) is 103 cm³/mol. The maximum Gasteiger partial charge on any atom is 0.244 e. The van der Waals surface area contributed by atoms with Crippen LogP contribution >= 0.6 is 11.8 Å². The van der Waals surface area contributed by atoms with E-state index < -0.39 is 32.7 Å². The molecule has 3 rings (SSSR count). The van der Waals surface area contributed by atoms with Gasteiger partial charge >= 0.3 is 0 Å². The van der Waals surface area contributed by atoms with Crippen LogP contribution in [0.3, 0.4) is 0 Å². The van der Waals surface area contributed by atoms with E-state index in [2.05, 4.69) is 4.98 Å². The number of Topliss-reactive ketones (excluding diaryl/α,β-unsaturated/α-hetero) is 1. The van der Waals surface area contributed by atoms with Crippen molar-refractivity contribution in [2.45, 2.75) is 41.4 Å². The summed E-state index contributed by atoms with van der Waals surface area (Å²) >= 11 is 1.08. The first kappa shape index (κ1) is 20.9. The number of nitrogens with zero attached hydrogens (tertiary/aromatic N) is 2. The van der Waals surface area contributed by atoms with Gasteiger partial charge in [-0.15, -0.1) is 0 Å². The number of piperidine rings is 1. The summed E-state index contributed by atoms with van der Waals surface area (Å²) in [5.41, 5.74) is -0.189. The second kappa shape index (κ2) is 8.67. The summed E-state index contributed by atoms with van der Waals surface area (Å²) in [6.45, 7) is 2.61. The zero-order valence-corrected chi connectivity index (χ0v) is 16.9. The van der Waals surface area contributed by atoms with Crippen molar-refractivity contribution >= 4 is 27.6 Å². The molecule has 1 aliphatic rings. The number of rotatable bonds is 6. The molecular weight excluding hydrogens is 406 g/mol. The molecule has 5 nitrogen and oxygen atoms in total. The Labute approximate surface area is 167 Å². The predicted octanol–water partition coefficient (Wildman–Crippen LogP) is 3.90. The fourth-order valence-electron chi connectivity index (χ4n) is 2.99. The quantitative estimate of drug-likeness (QED) is 0.518. The van der Waals surface area contributed by atoms with Crippen LogP contribution in [0.5, 0.6) is 0 Å². The molecule has 2 heterocycles. The van der Waals surface area contributed by atoms with Gasteiger partial charge in [0.1, 0.15) is 16.5 Å². The Balaban J connectivity index is 1.70. The first-order chi connectivity index (χ1) is 13.3. The standard InChI is InChI=1S/C19H20F2N2O3S2/c1-13(19(24)16-7-5-14(20)11-17(16)21)27-18-8-6-15(12-22-18)28(25,26)23-9-3-2-4-10-23/h5-8,11-13H,2-4,9-10H2,1H3. The third-order valence-electron chi connectivity index (χ3n) is 4.53. The Bertz CT molecular complexity index is 960. The first-order valence-electron chi connectivity index (χ1n) is 8.91. The molecule has 0 aliphatic carbocycles. The Morgan fingerprint density at radius 2 is 1.86 bits per heavy atom. The molecule has 1 unspecified atom stereocenters. The highest BCUT2D eigenvalue weighted by atomic mass is 32.2. The fourth-order valence-corrected chi connectivity index (χ4v) is 5.31. The smallest absolute Gasteiger partial charge is 0.244 e. The van der Waals surface area contributed by atoms with Crippen molar-refractivity contribution in [2.24, 2.45) is 0 Å². The van der Waals surface area contributed by atoms with E-state index in [4.69, 9.17) is 0 Å². The van der Waals surface area contributed by atoms with Crippen molar-refractivity contribution in [1.82, 2.24) is 9.29 Å². The SMILES string of the molecule is CC(Sc1ccc(S(=O)(=O)N2CCCCC2)cn1)C(=O)c1ccc(F)cc1F. The van der Waals surface area contributed by atoms with Crippen molar-refractivity contribution in [1.29, 1.82) is 0 Å². The molecule has 2 aromatic rings. The van der Waals surface area contributed by atoms with Crippen LogP contribution in [-0.2, 0) is 10.0 Å². The number of hydrogen-bond acceptors (Lipinski definition) is 5. The molecule has 0 radical (unpaired) electrons. The Kier molecular flexibility index (Phi) is 6.47. The maximum absolute atomic E-state index is 13.8. The van der Waals surface area contributed by atoms with Gasteiger partial charge in [-0.05, 0) is 44.0 Å². The van der Waals surface area contributed by atoms with Crippen LogP contribution in [0.4, 0.5) is 8.78 Å². The number of carbonyl (C=O) groups excluding carboxylic acids is 1. The molecule has 1 aromatic heterocycles. The molecule has 0 spiro atoms. The number of carbonyl (C=O) groups is 1. The average molecular weight is 427 g/mol. The van der Waals surface area contributed by atoms with Gasteiger partial charge in [0.15, 0.2) is 5.78 Å². The topological polar surface area (TPSA) is 67.3 Å². The minimum absolute atomic E-state index is 0.113. The average Bonchev–Trinajstić information content (AvgIpc) is 2.68. The van der Waals surface area contributed by atoms with Crippen LogP contribution in [0.15, 0.2) is 46.5 Å². The zero-order valence-electron chi connectivity index (χ0n) is 15.3. The largest absolute Gasteiger partial charge is 0.293 e. The number of aromatic nitrogens is 1. The molecule has 0 N–H and O–H groups in total. The molecule has 9 heteroatoms. The molecule has 150 valence electrons. The first-order valence-corrected chi connectivity index (χ1v) is 11.2. The van der Waals surface area contributed by atoms with Gasteiger partial charge in [-0.1, -0.05) is 18.2 Å². The fraction of sp³-hybridized carbons (Fsp3) is 0.368. The molecule has 1 saturated heterocycles. The molecule has 28 heavy (non-hydrogen) atoms. The number of halogens is 2. The van der Waals surface area contributed by atoms with Crippen LogP contribution in [-0.4, -0.2) is 41.8 Å². The van der Waals surface area contributed by atoms with Crippen LogP contribution in [0.25, 0.3) is 0 Å². The van der Waals surface area contributed by atoms with Gasteiger partial charge in [0.05, 0.1) is 15.8 Å². The van der Waals surface area contributed by atoms with Crippen LogP contribution < -0.4 is 0 Å². The van der Waals surface area contributed by atoms with Crippen molar-refractivity contribution in [3.05, 3.63) is 53.7 Å².